The summed E-state index contributed by atoms with van der Waals surface area (Å²) in [7, 11) is 0. The molecule has 0 saturated heterocycles. The number of esters is 3. The topological polar surface area (TPSA) is 78.9 Å². The molecule has 0 bridgehead atoms. The second kappa shape index (κ2) is 56.1. The number of hydrogen-bond donors (Lipinski definition) is 0. The Hall–Kier alpha value is -4.45. The molecule has 0 fully saturated rings. The minimum Gasteiger partial charge on any atom is -0.462 e. The highest BCUT2D eigenvalue weighted by molar-refractivity contribution is 5.71. The summed E-state index contributed by atoms with van der Waals surface area (Å²) in [6.07, 6.45) is 78.7. The summed E-state index contributed by atoms with van der Waals surface area (Å²) in [4.78, 5) is 38.1. The summed E-state index contributed by atoms with van der Waals surface area (Å²) in [5.41, 5.74) is 0. The lowest BCUT2D eigenvalue weighted by Crippen LogP contribution is -2.30. The van der Waals surface area contributed by atoms with Gasteiger partial charge in [0.2, 0.25) is 0 Å². The molecule has 0 heterocycles. The van der Waals surface area contributed by atoms with Gasteiger partial charge in [0.25, 0.3) is 0 Å². The van der Waals surface area contributed by atoms with Crippen LogP contribution in [-0.4, -0.2) is 37.2 Å². The van der Waals surface area contributed by atoms with Gasteiger partial charge in [-0.2, -0.15) is 0 Å². The molecule has 0 amide bonds. The molecule has 6 heteroatoms. The maximum atomic E-state index is 12.8. The quantitative estimate of drug-likeness (QED) is 0.0262. The van der Waals surface area contributed by atoms with Crippen LogP contribution in [-0.2, 0) is 28.6 Å². The van der Waals surface area contributed by atoms with Gasteiger partial charge in [-0.05, 0) is 128 Å². The standard InChI is InChI=1S/C63H100O6/c1-4-7-10-13-16-19-22-25-28-30-31-33-36-39-42-45-48-51-54-57-63(66)69-60(58-67-61(64)55-52-49-46-43-40-37-34-27-24-21-18-15-12-9-6-3)59-68-62(65)56-53-50-47-44-41-38-35-32-29-26-23-20-17-14-11-8-5-2/h9,12,16-21,25-29,31,33-35,38-39,42,48,51,60H,4-8,10-11,13-15,22-24,30,32,36-37,40-41,43-47,49-50,52-59H2,1-3H3/b12-9-,19-16-,20-17-,21-18-,28-25-,29-26-,33-31-,34-27-,38-35-,42-39-,51-48-/t60-/m1/s1. The van der Waals surface area contributed by atoms with Gasteiger partial charge in [-0.25, -0.2) is 0 Å². The Labute approximate surface area is 424 Å². The summed E-state index contributed by atoms with van der Waals surface area (Å²) in [6, 6.07) is 0. The van der Waals surface area contributed by atoms with Crippen molar-refractivity contribution in [3.63, 3.8) is 0 Å². The molecule has 0 saturated carbocycles. The maximum absolute atomic E-state index is 12.8. The van der Waals surface area contributed by atoms with Gasteiger partial charge < -0.3 is 14.2 Å². The SMILES string of the molecule is CC/C=C\C/C=C\C/C=C\CCCCCCCC(=O)OC[C@H](COC(=O)CCCCCC/C=C\C/C=C\C/C=C\CCCCC)OC(=O)CC/C=C\C/C=C\C/C=C\C/C=C\C/C=C\CCCCC. The molecule has 388 valence electrons. The van der Waals surface area contributed by atoms with E-state index in [-0.39, 0.29) is 31.6 Å². The minimum absolute atomic E-state index is 0.129. The van der Waals surface area contributed by atoms with E-state index in [1.54, 1.807) is 0 Å². The van der Waals surface area contributed by atoms with E-state index in [9.17, 15) is 14.4 Å². The largest absolute Gasteiger partial charge is 0.462 e. The molecular formula is C63H100O6. The van der Waals surface area contributed by atoms with Gasteiger partial charge in [-0.3, -0.25) is 14.4 Å². The number of allylic oxidation sites excluding steroid dienone is 22. The number of carbonyl (C=O) groups is 3. The smallest absolute Gasteiger partial charge is 0.306 e. The van der Waals surface area contributed by atoms with Gasteiger partial charge in [-0.15, -0.1) is 0 Å². The van der Waals surface area contributed by atoms with Gasteiger partial charge >= 0.3 is 17.9 Å². The van der Waals surface area contributed by atoms with Crippen LogP contribution in [0.3, 0.4) is 0 Å². The monoisotopic (exact) mass is 953 g/mol. The lowest BCUT2D eigenvalue weighted by atomic mass is 10.1. The van der Waals surface area contributed by atoms with E-state index >= 15 is 0 Å². The zero-order valence-corrected chi connectivity index (χ0v) is 44.3. The first kappa shape index (κ1) is 64.5. The lowest BCUT2D eigenvalue weighted by Gasteiger charge is -2.18. The number of ether oxygens (including phenoxy) is 3. The van der Waals surface area contributed by atoms with Crippen molar-refractivity contribution in [3.8, 4) is 0 Å². The van der Waals surface area contributed by atoms with Crippen LogP contribution in [0.5, 0.6) is 0 Å². The lowest BCUT2D eigenvalue weighted by molar-refractivity contribution is -0.166. The fraction of sp³-hybridized carbons (Fsp3) is 0.603. The Morgan fingerprint density at radius 1 is 0.304 bits per heavy atom. The average molecular weight is 953 g/mol. The molecule has 0 aromatic heterocycles. The molecule has 0 spiro atoms. The van der Waals surface area contributed by atoms with Crippen LogP contribution < -0.4 is 0 Å². The fourth-order valence-corrected chi connectivity index (χ4v) is 6.97. The molecule has 0 aromatic carbocycles. The molecule has 6 nitrogen and oxygen atoms in total. The Morgan fingerprint density at radius 3 is 0.942 bits per heavy atom. The predicted molar refractivity (Wildman–Crippen MR) is 297 cm³/mol. The van der Waals surface area contributed by atoms with Gasteiger partial charge in [0, 0.05) is 19.3 Å². The zero-order chi connectivity index (χ0) is 50.0. The molecule has 0 radical (unpaired) electrons. The van der Waals surface area contributed by atoms with Crippen LogP contribution >= 0.6 is 0 Å². The first-order chi connectivity index (χ1) is 34.0. The van der Waals surface area contributed by atoms with Crippen molar-refractivity contribution in [2.45, 2.75) is 232 Å². The van der Waals surface area contributed by atoms with Crippen molar-refractivity contribution in [1.29, 1.82) is 0 Å². The summed E-state index contributed by atoms with van der Waals surface area (Å²) in [5, 5.41) is 0. The predicted octanol–water partition coefficient (Wildman–Crippen LogP) is 18.6. The maximum Gasteiger partial charge on any atom is 0.306 e. The van der Waals surface area contributed by atoms with Gasteiger partial charge in [0.1, 0.15) is 13.2 Å². The van der Waals surface area contributed by atoms with Crippen molar-refractivity contribution in [2.24, 2.45) is 0 Å². The molecule has 0 aliphatic heterocycles. The molecule has 0 aliphatic carbocycles. The Morgan fingerprint density at radius 2 is 0.594 bits per heavy atom. The Kier molecular flexibility index (Phi) is 52.5. The Balaban J connectivity index is 4.60. The number of unbranched alkanes of at least 4 members (excludes halogenated alkanes) is 15. The number of hydrogen-bond acceptors (Lipinski definition) is 6. The summed E-state index contributed by atoms with van der Waals surface area (Å²) < 4.78 is 16.7. The van der Waals surface area contributed by atoms with E-state index in [4.69, 9.17) is 14.2 Å². The first-order valence-electron chi connectivity index (χ1n) is 27.7. The van der Waals surface area contributed by atoms with Crippen molar-refractivity contribution in [3.05, 3.63) is 134 Å². The molecule has 0 aliphatic rings. The van der Waals surface area contributed by atoms with Crippen molar-refractivity contribution in [1.82, 2.24) is 0 Å². The van der Waals surface area contributed by atoms with Crippen molar-refractivity contribution >= 4 is 17.9 Å². The Bertz CT molecular complexity index is 1510. The van der Waals surface area contributed by atoms with E-state index < -0.39 is 12.1 Å². The molecule has 0 unspecified atom stereocenters. The van der Waals surface area contributed by atoms with E-state index in [1.807, 2.05) is 12.2 Å². The second-order valence-electron chi connectivity index (χ2n) is 17.7. The number of rotatable bonds is 48. The van der Waals surface area contributed by atoms with Crippen LogP contribution in [0.25, 0.3) is 0 Å². The van der Waals surface area contributed by atoms with E-state index in [1.165, 1.54) is 51.4 Å². The van der Waals surface area contributed by atoms with Crippen molar-refractivity contribution in [2.75, 3.05) is 13.2 Å². The van der Waals surface area contributed by atoms with Crippen LogP contribution in [0.4, 0.5) is 0 Å². The highest BCUT2D eigenvalue weighted by Crippen LogP contribution is 2.12. The molecule has 0 rings (SSSR count). The number of carbonyl (C=O) groups excluding carboxylic acids is 3. The van der Waals surface area contributed by atoms with Crippen LogP contribution in [0.15, 0.2) is 134 Å². The first-order valence-corrected chi connectivity index (χ1v) is 27.7. The molecule has 0 aromatic rings. The zero-order valence-electron chi connectivity index (χ0n) is 44.3. The fourth-order valence-electron chi connectivity index (χ4n) is 6.97. The molecule has 0 N–H and O–H groups in total. The van der Waals surface area contributed by atoms with Crippen LogP contribution in [0.1, 0.15) is 226 Å². The summed E-state index contributed by atoms with van der Waals surface area (Å²) in [5.74, 6) is -1.06. The minimum atomic E-state index is -0.840. The van der Waals surface area contributed by atoms with Crippen molar-refractivity contribution < 1.29 is 28.6 Å². The summed E-state index contributed by atoms with van der Waals surface area (Å²) >= 11 is 0. The third-order valence-electron chi connectivity index (χ3n) is 11.1. The average Bonchev–Trinajstić information content (AvgIpc) is 3.35. The van der Waals surface area contributed by atoms with Gasteiger partial charge in [0.15, 0.2) is 6.10 Å². The highest BCUT2D eigenvalue weighted by Gasteiger charge is 2.19. The van der Waals surface area contributed by atoms with Crippen LogP contribution in [0.2, 0.25) is 0 Å². The van der Waals surface area contributed by atoms with Crippen LogP contribution in [0, 0.1) is 0 Å². The van der Waals surface area contributed by atoms with E-state index in [2.05, 4.69) is 142 Å². The van der Waals surface area contributed by atoms with Gasteiger partial charge in [0.05, 0.1) is 0 Å². The summed E-state index contributed by atoms with van der Waals surface area (Å²) in [6.45, 7) is 6.36. The molecular weight excluding hydrogens is 853 g/mol. The van der Waals surface area contributed by atoms with E-state index in [0.29, 0.717) is 19.3 Å². The normalized spacial score (nSPS) is 13.1. The van der Waals surface area contributed by atoms with E-state index in [0.717, 1.165) is 128 Å². The molecule has 69 heavy (non-hydrogen) atoms. The highest BCUT2D eigenvalue weighted by atomic mass is 16.6. The second-order valence-corrected chi connectivity index (χ2v) is 17.7. The third kappa shape index (κ3) is 54.4. The van der Waals surface area contributed by atoms with Gasteiger partial charge in [-0.1, -0.05) is 212 Å². The molecule has 1 atom stereocenters. The third-order valence-corrected chi connectivity index (χ3v) is 11.1.